The van der Waals surface area contributed by atoms with E-state index < -0.39 is 0 Å². The lowest BCUT2D eigenvalue weighted by molar-refractivity contribution is 0.0892. The minimum absolute atomic E-state index is 0.220. The van der Waals surface area contributed by atoms with Crippen molar-refractivity contribution in [3.05, 3.63) is 22.4 Å². The molecule has 1 unspecified atom stereocenters. The van der Waals surface area contributed by atoms with E-state index in [1.54, 1.807) is 11.3 Å². The van der Waals surface area contributed by atoms with Crippen LogP contribution in [0.4, 0.5) is 11.6 Å². The van der Waals surface area contributed by atoms with Crippen LogP contribution >= 0.6 is 11.3 Å². The van der Waals surface area contributed by atoms with Gasteiger partial charge in [0.25, 0.3) is 0 Å². The molecule has 0 bridgehead atoms. The molecular formula is C17H22N6O2S. The third-order valence-corrected chi connectivity index (χ3v) is 5.78. The molecule has 0 radical (unpaired) electrons. The molecular weight excluding hydrogens is 352 g/mol. The van der Waals surface area contributed by atoms with Gasteiger partial charge in [0.1, 0.15) is 0 Å². The second-order valence-electron chi connectivity index (χ2n) is 6.54. The zero-order valence-electron chi connectivity index (χ0n) is 14.6. The van der Waals surface area contributed by atoms with Gasteiger partial charge in [0.2, 0.25) is 11.3 Å². The van der Waals surface area contributed by atoms with Crippen molar-refractivity contribution in [3.8, 4) is 0 Å². The summed E-state index contributed by atoms with van der Waals surface area (Å²) in [5.74, 6) is 1.81. The van der Waals surface area contributed by atoms with Crippen molar-refractivity contribution in [1.29, 1.82) is 0 Å². The Labute approximate surface area is 155 Å². The Bertz CT molecular complexity index is 844. The van der Waals surface area contributed by atoms with Crippen LogP contribution in [0.2, 0.25) is 0 Å². The quantitative estimate of drug-likeness (QED) is 0.679. The van der Waals surface area contributed by atoms with E-state index in [0.717, 1.165) is 38.2 Å². The third-order valence-electron chi connectivity index (χ3n) is 4.91. The van der Waals surface area contributed by atoms with Crippen molar-refractivity contribution in [2.75, 3.05) is 23.3 Å². The molecule has 0 aromatic carbocycles. The molecule has 2 N–H and O–H groups in total. The summed E-state index contributed by atoms with van der Waals surface area (Å²) >= 11 is 1.70. The van der Waals surface area contributed by atoms with E-state index in [0.29, 0.717) is 29.6 Å². The van der Waals surface area contributed by atoms with Crippen molar-refractivity contribution in [2.24, 2.45) is 5.92 Å². The van der Waals surface area contributed by atoms with Crippen LogP contribution in [-0.2, 0) is 6.54 Å². The number of aromatic nitrogens is 4. The molecule has 1 atom stereocenters. The number of aliphatic hydroxyl groups is 1. The summed E-state index contributed by atoms with van der Waals surface area (Å²) in [6.45, 7) is 4.38. The lowest BCUT2D eigenvalue weighted by Crippen LogP contribution is -2.38. The van der Waals surface area contributed by atoms with Gasteiger partial charge >= 0.3 is 0 Å². The molecule has 0 aliphatic carbocycles. The SMILES string of the molecule is CCC(O)C1CCN(c2nc3nonc3nc2NCc2cccs2)CC1. The summed E-state index contributed by atoms with van der Waals surface area (Å²) in [5.41, 5.74) is 0.816. The fourth-order valence-electron chi connectivity index (χ4n) is 3.38. The number of rotatable bonds is 6. The first-order valence-corrected chi connectivity index (χ1v) is 9.82. The number of hydrogen-bond acceptors (Lipinski definition) is 9. The zero-order chi connectivity index (χ0) is 17.9. The first kappa shape index (κ1) is 17.2. The smallest absolute Gasteiger partial charge is 0.245 e. The average molecular weight is 374 g/mol. The molecule has 138 valence electrons. The summed E-state index contributed by atoms with van der Waals surface area (Å²) in [7, 11) is 0. The Balaban J connectivity index is 1.55. The van der Waals surface area contributed by atoms with E-state index in [-0.39, 0.29) is 6.10 Å². The summed E-state index contributed by atoms with van der Waals surface area (Å²) in [4.78, 5) is 12.6. The lowest BCUT2D eigenvalue weighted by Gasteiger charge is -2.35. The van der Waals surface area contributed by atoms with Crippen molar-refractivity contribution in [1.82, 2.24) is 20.3 Å². The molecule has 1 fully saturated rings. The Morgan fingerprint density at radius 1 is 1.31 bits per heavy atom. The predicted molar refractivity (Wildman–Crippen MR) is 100 cm³/mol. The number of thiophene rings is 1. The maximum Gasteiger partial charge on any atom is 0.245 e. The highest BCUT2D eigenvalue weighted by atomic mass is 32.1. The maximum atomic E-state index is 10.1. The highest BCUT2D eigenvalue weighted by molar-refractivity contribution is 7.09. The highest BCUT2D eigenvalue weighted by Crippen LogP contribution is 2.30. The number of nitrogens with zero attached hydrogens (tertiary/aromatic N) is 5. The number of aliphatic hydroxyl groups excluding tert-OH is 1. The van der Waals surface area contributed by atoms with Crippen molar-refractivity contribution in [2.45, 2.75) is 38.8 Å². The molecule has 9 heteroatoms. The van der Waals surface area contributed by atoms with E-state index in [1.165, 1.54) is 4.88 Å². The monoisotopic (exact) mass is 374 g/mol. The van der Waals surface area contributed by atoms with Crippen molar-refractivity contribution >= 4 is 34.3 Å². The number of anilines is 2. The Morgan fingerprint density at radius 2 is 2.08 bits per heavy atom. The number of hydrogen-bond donors (Lipinski definition) is 2. The molecule has 3 aromatic heterocycles. The molecule has 3 aromatic rings. The van der Waals surface area contributed by atoms with Gasteiger partial charge in [0.15, 0.2) is 11.6 Å². The average Bonchev–Trinajstić information content (AvgIpc) is 3.36. The number of fused-ring (bicyclic) bond motifs is 1. The van der Waals surface area contributed by atoms with Gasteiger partial charge < -0.3 is 15.3 Å². The topological polar surface area (TPSA) is 100 Å². The Hall–Kier alpha value is -2.26. The van der Waals surface area contributed by atoms with E-state index in [2.05, 4.69) is 41.9 Å². The first-order chi connectivity index (χ1) is 12.7. The largest absolute Gasteiger partial charge is 0.393 e. The van der Waals surface area contributed by atoms with Gasteiger partial charge in [-0.1, -0.05) is 13.0 Å². The number of piperidine rings is 1. The molecule has 1 saturated heterocycles. The van der Waals surface area contributed by atoms with Gasteiger partial charge in [-0.05, 0) is 46.9 Å². The lowest BCUT2D eigenvalue weighted by atomic mass is 9.90. The van der Waals surface area contributed by atoms with Gasteiger partial charge in [-0.3, -0.25) is 0 Å². The second-order valence-corrected chi connectivity index (χ2v) is 7.57. The van der Waals surface area contributed by atoms with Crippen molar-refractivity contribution in [3.63, 3.8) is 0 Å². The molecule has 26 heavy (non-hydrogen) atoms. The van der Waals surface area contributed by atoms with E-state index in [1.807, 2.05) is 13.0 Å². The van der Waals surface area contributed by atoms with Crippen LogP contribution in [0.25, 0.3) is 11.3 Å². The fourth-order valence-corrected chi connectivity index (χ4v) is 4.03. The normalized spacial score (nSPS) is 16.9. The summed E-state index contributed by atoms with van der Waals surface area (Å²) in [6, 6.07) is 4.11. The third kappa shape index (κ3) is 3.49. The number of nitrogens with one attached hydrogen (secondary N) is 1. The van der Waals surface area contributed by atoms with Crippen LogP contribution < -0.4 is 10.2 Å². The minimum atomic E-state index is -0.220. The van der Waals surface area contributed by atoms with Crippen LogP contribution in [0, 0.1) is 5.92 Å². The van der Waals surface area contributed by atoms with Crippen LogP contribution in [0.3, 0.4) is 0 Å². The molecule has 4 rings (SSSR count). The predicted octanol–water partition coefficient (Wildman–Crippen LogP) is 2.67. The Kier molecular flexibility index (Phi) is 4.98. The van der Waals surface area contributed by atoms with E-state index in [9.17, 15) is 5.11 Å². The molecule has 0 saturated carbocycles. The first-order valence-electron chi connectivity index (χ1n) is 8.94. The molecule has 0 amide bonds. The second kappa shape index (κ2) is 7.55. The summed E-state index contributed by atoms with van der Waals surface area (Å²) in [5, 5.41) is 23.2. The van der Waals surface area contributed by atoms with Gasteiger partial charge in [0.05, 0.1) is 12.6 Å². The molecule has 0 spiro atoms. The van der Waals surface area contributed by atoms with Gasteiger partial charge in [-0.2, -0.15) is 0 Å². The van der Waals surface area contributed by atoms with Crippen LogP contribution in [-0.4, -0.2) is 44.6 Å². The van der Waals surface area contributed by atoms with Crippen molar-refractivity contribution < 1.29 is 9.74 Å². The zero-order valence-corrected chi connectivity index (χ0v) is 15.4. The summed E-state index contributed by atoms with van der Waals surface area (Å²) < 4.78 is 4.77. The van der Waals surface area contributed by atoms with Crippen LogP contribution in [0.5, 0.6) is 0 Å². The molecule has 8 nitrogen and oxygen atoms in total. The molecule has 1 aliphatic heterocycles. The van der Waals surface area contributed by atoms with Gasteiger partial charge in [0, 0.05) is 18.0 Å². The standard InChI is InChI=1S/C17H22N6O2S/c1-2-13(24)11-5-7-23(8-6-11)17-16(18-10-12-4-3-9-26-12)19-14-15(20-17)22-25-21-14/h3-4,9,11,13,24H,2,5-8,10H2,1H3,(H,18,19,21). The summed E-state index contributed by atoms with van der Waals surface area (Å²) in [6.07, 6.45) is 2.46. The van der Waals surface area contributed by atoms with Gasteiger partial charge in [-0.15, -0.1) is 11.3 Å². The van der Waals surface area contributed by atoms with Crippen LogP contribution in [0.15, 0.2) is 22.1 Å². The van der Waals surface area contributed by atoms with Gasteiger partial charge in [-0.25, -0.2) is 14.6 Å². The van der Waals surface area contributed by atoms with Crippen LogP contribution in [0.1, 0.15) is 31.1 Å². The van der Waals surface area contributed by atoms with E-state index >= 15 is 0 Å². The molecule has 4 heterocycles. The minimum Gasteiger partial charge on any atom is -0.393 e. The Morgan fingerprint density at radius 3 is 2.77 bits per heavy atom. The molecule has 1 aliphatic rings. The van der Waals surface area contributed by atoms with E-state index in [4.69, 9.17) is 4.63 Å². The maximum absolute atomic E-state index is 10.1. The fraction of sp³-hybridized carbons (Fsp3) is 0.529. The highest BCUT2D eigenvalue weighted by Gasteiger charge is 2.27.